The molecule has 0 aliphatic carbocycles. The Morgan fingerprint density at radius 2 is 1.83 bits per heavy atom. The summed E-state index contributed by atoms with van der Waals surface area (Å²) in [6.07, 6.45) is 1.80. The summed E-state index contributed by atoms with van der Waals surface area (Å²) in [6.45, 7) is 3.00. The van der Waals surface area contributed by atoms with Crippen LogP contribution in [0, 0.1) is 5.92 Å². The number of likely N-dealkylation sites (tertiary alicyclic amines) is 2. The van der Waals surface area contributed by atoms with Crippen molar-refractivity contribution in [2.75, 3.05) is 19.9 Å². The van der Waals surface area contributed by atoms with E-state index in [1.807, 2.05) is 37.3 Å². The molecule has 0 radical (unpaired) electrons. The molecule has 3 aliphatic rings. The van der Waals surface area contributed by atoms with E-state index in [4.69, 9.17) is 9.47 Å². The molecule has 2 fully saturated rings. The van der Waals surface area contributed by atoms with Crippen LogP contribution in [-0.4, -0.2) is 53.2 Å². The number of amides is 3. The molecule has 3 amide bonds. The van der Waals surface area contributed by atoms with Gasteiger partial charge in [0, 0.05) is 38.3 Å². The normalized spacial score (nSPS) is 23.3. The summed E-state index contributed by atoms with van der Waals surface area (Å²) in [4.78, 5) is 55.9. The topological polar surface area (TPSA) is 93.2 Å². The number of carbonyl (C=O) groups excluding carboxylic acids is 4. The number of Topliss-reactive ketones (excluding diaryl/α,β-unsaturated/α-hetero) is 1. The molecule has 188 valence electrons. The highest BCUT2D eigenvalue weighted by Crippen LogP contribution is 2.42. The first-order valence-corrected chi connectivity index (χ1v) is 12.5. The quantitative estimate of drug-likeness (QED) is 0.554. The Hall–Kier alpha value is -3.68. The Bertz CT molecular complexity index is 1200. The van der Waals surface area contributed by atoms with Crippen LogP contribution in [0.25, 0.3) is 0 Å². The highest BCUT2D eigenvalue weighted by atomic mass is 16.7. The third-order valence-corrected chi connectivity index (χ3v) is 7.54. The van der Waals surface area contributed by atoms with Gasteiger partial charge in [0.05, 0.1) is 12.0 Å². The number of piperidine rings is 1. The molecule has 0 N–H and O–H groups in total. The molecule has 8 nitrogen and oxygen atoms in total. The van der Waals surface area contributed by atoms with Crippen LogP contribution in [0.5, 0.6) is 11.5 Å². The first-order valence-electron chi connectivity index (χ1n) is 12.5. The molecule has 0 aromatic heterocycles. The molecule has 2 saturated heterocycles. The predicted molar refractivity (Wildman–Crippen MR) is 130 cm³/mol. The average molecular weight is 491 g/mol. The van der Waals surface area contributed by atoms with Crippen molar-refractivity contribution >= 4 is 23.5 Å². The van der Waals surface area contributed by atoms with Crippen molar-refractivity contribution in [3.05, 3.63) is 59.7 Å². The molecule has 0 saturated carbocycles. The zero-order valence-electron chi connectivity index (χ0n) is 20.4. The maximum atomic E-state index is 13.9. The van der Waals surface area contributed by atoms with Gasteiger partial charge in [-0.25, -0.2) is 0 Å². The highest BCUT2D eigenvalue weighted by Gasteiger charge is 2.54. The van der Waals surface area contributed by atoms with Crippen molar-refractivity contribution in [1.29, 1.82) is 0 Å². The standard InChI is InChI=1S/C28H30N2O6/c1-2-22(31)20-7-6-12-29(17-20)25(32)14-28(21-8-4-3-5-9-21)15-26(33)30(27(28)34)16-19-10-11-23-24(13-19)36-18-35-23/h3-5,8-11,13,20H,2,6-7,12,14-18H2,1H3/t20-,28+/m1/s1. The number of nitrogens with zero attached hydrogens (tertiary/aromatic N) is 2. The molecule has 2 aromatic rings. The first kappa shape index (κ1) is 24.0. The lowest BCUT2D eigenvalue weighted by Crippen LogP contribution is -2.47. The minimum absolute atomic E-state index is 0.0721. The van der Waals surface area contributed by atoms with E-state index in [1.54, 1.807) is 23.1 Å². The van der Waals surface area contributed by atoms with E-state index in [0.29, 0.717) is 36.6 Å². The van der Waals surface area contributed by atoms with Crippen molar-refractivity contribution < 1.29 is 28.7 Å². The van der Waals surface area contributed by atoms with Crippen molar-refractivity contribution in [3.63, 3.8) is 0 Å². The number of rotatable bonds is 7. The lowest BCUT2D eigenvalue weighted by molar-refractivity contribution is -0.144. The Morgan fingerprint density at radius 3 is 2.61 bits per heavy atom. The second-order valence-electron chi connectivity index (χ2n) is 9.77. The second kappa shape index (κ2) is 9.76. The first-order chi connectivity index (χ1) is 17.4. The van der Waals surface area contributed by atoms with Crippen molar-refractivity contribution in [2.24, 2.45) is 5.92 Å². The monoisotopic (exact) mass is 490 g/mol. The molecular formula is C28H30N2O6. The van der Waals surface area contributed by atoms with Crippen LogP contribution >= 0.6 is 0 Å². The van der Waals surface area contributed by atoms with Gasteiger partial charge in [-0.2, -0.15) is 0 Å². The van der Waals surface area contributed by atoms with Crippen LogP contribution in [0.2, 0.25) is 0 Å². The number of imide groups is 1. The molecule has 0 bridgehead atoms. The second-order valence-corrected chi connectivity index (χ2v) is 9.77. The largest absolute Gasteiger partial charge is 0.454 e. The van der Waals surface area contributed by atoms with E-state index in [2.05, 4.69) is 0 Å². The van der Waals surface area contributed by atoms with Gasteiger partial charge < -0.3 is 14.4 Å². The number of hydrogen-bond donors (Lipinski definition) is 0. The Morgan fingerprint density at radius 1 is 1.06 bits per heavy atom. The van der Waals surface area contributed by atoms with E-state index >= 15 is 0 Å². The summed E-state index contributed by atoms with van der Waals surface area (Å²) in [5.74, 6) is 0.324. The fourth-order valence-corrected chi connectivity index (χ4v) is 5.53. The van der Waals surface area contributed by atoms with Crippen LogP contribution in [0.3, 0.4) is 0 Å². The molecule has 8 heteroatoms. The molecule has 3 aliphatic heterocycles. The van der Waals surface area contributed by atoms with Crippen molar-refractivity contribution in [2.45, 2.75) is 51.0 Å². The van der Waals surface area contributed by atoms with Crippen molar-refractivity contribution in [1.82, 2.24) is 9.80 Å². The smallest absolute Gasteiger partial charge is 0.241 e. The van der Waals surface area contributed by atoms with Gasteiger partial charge in [0.1, 0.15) is 5.78 Å². The number of carbonyl (C=O) groups is 4. The fraction of sp³-hybridized carbons (Fsp3) is 0.429. The summed E-state index contributed by atoms with van der Waals surface area (Å²) < 4.78 is 10.8. The van der Waals surface area contributed by atoms with E-state index in [-0.39, 0.29) is 55.6 Å². The van der Waals surface area contributed by atoms with Crippen LogP contribution in [0.1, 0.15) is 50.2 Å². The lowest BCUT2D eigenvalue weighted by Gasteiger charge is -2.35. The zero-order chi connectivity index (χ0) is 25.3. The Kier molecular flexibility index (Phi) is 6.51. The molecule has 2 aromatic carbocycles. The number of fused-ring (bicyclic) bond motifs is 1. The number of ketones is 1. The third kappa shape index (κ3) is 4.36. The summed E-state index contributed by atoms with van der Waals surface area (Å²) in [5, 5.41) is 0. The molecular weight excluding hydrogens is 460 g/mol. The average Bonchev–Trinajstić information content (AvgIpc) is 3.47. The zero-order valence-corrected chi connectivity index (χ0v) is 20.4. The van der Waals surface area contributed by atoms with Crippen LogP contribution < -0.4 is 9.47 Å². The number of ether oxygens (including phenoxy) is 2. The lowest BCUT2D eigenvalue weighted by atomic mass is 9.75. The van der Waals surface area contributed by atoms with Gasteiger partial charge in [0.15, 0.2) is 11.5 Å². The van der Waals surface area contributed by atoms with Gasteiger partial charge >= 0.3 is 0 Å². The molecule has 0 spiro atoms. The van der Waals surface area contributed by atoms with Gasteiger partial charge in [-0.3, -0.25) is 24.1 Å². The number of hydrogen-bond acceptors (Lipinski definition) is 6. The molecule has 2 atom stereocenters. The van der Waals surface area contributed by atoms with Crippen LogP contribution in [-0.2, 0) is 31.1 Å². The Balaban J connectivity index is 1.40. The maximum absolute atomic E-state index is 13.9. The van der Waals surface area contributed by atoms with Gasteiger partial charge in [-0.1, -0.05) is 43.3 Å². The summed E-state index contributed by atoms with van der Waals surface area (Å²) in [5.41, 5.74) is 0.129. The predicted octanol–water partition coefficient (Wildman–Crippen LogP) is 3.22. The van der Waals surface area contributed by atoms with Gasteiger partial charge in [0.2, 0.25) is 24.5 Å². The third-order valence-electron chi connectivity index (χ3n) is 7.54. The number of benzene rings is 2. The van der Waals surface area contributed by atoms with Gasteiger partial charge in [-0.15, -0.1) is 0 Å². The van der Waals surface area contributed by atoms with E-state index in [1.165, 1.54) is 4.90 Å². The van der Waals surface area contributed by atoms with Gasteiger partial charge in [0.25, 0.3) is 0 Å². The van der Waals surface area contributed by atoms with Crippen LogP contribution in [0.15, 0.2) is 48.5 Å². The molecule has 36 heavy (non-hydrogen) atoms. The van der Waals surface area contributed by atoms with Gasteiger partial charge in [-0.05, 0) is 36.1 Å². The minimum Gasteiger partial charge on any atom is -0.454 e. The molecule has 3 heterocycles. The van der Waals surface area contributed by atoms with Crippen molar-refractivity contribution in [3.8, 4) is 11.5 Å². The van der Waals surface area contributed by atoms with E-state index in [0.717, 1.165) is 18.4 Å². The Labute approximate surface area is 210 Å². The van der Waals surface area contributed by atoms with Crippen LogP contribution in [0.4, 0.5) is 0 Å². The highest BCUT2D eigenvalue weighted by molar-refractivity contribution is 6.10. The van der Waals surface area contributed by atoms with E-state index < -0.39 is 5.41 Å². The minimum atomic E-state index is -1.27. The summed E-state index contributed by atoms with van der Waals surface area (Å²) in [7, 11) is 0. The summed E-state index contributed by atoms with van der Waals surface area (Å²) in [6, 6.07) is 14.4. The summed E-state index contributed by atoms with van der Waals surface area (Å²) >= 11 is 0. The maximum Gasteiger partial charge on any atom is 0.241 e. The fourth-order valence-electron chi connectivity index (χ4n) is 5.53. The molecule has 5 rings (SSSR count). The van der Waals surface area contributed by atoms with E-state index in [9.17, 15) is 19.2 Å². The molecule has 0 unspecified atom stereocenters. The SMILES string of the molecule is CCC(=O)[C@@H]1CCCN(C(=O)C[C@@]2(c3ccccc3)CC(=O)N(Cc3ccc4c(c3)OCO4)C2=O)C1.